The van der Waals surface area contributed by atoms with E-state index in [9.17, 15) is 4.79 Å². The molecule has 3 rings (SSSR count). The highest BCUT2D eigenvalue weighted by Crippen LogP contribution is 2.17. The van der Waals surface area contributed by atoms with Crippen molar-refractivity contribution in [2.75, 3.05) is 5.32 Å². The molecule has 22 heavy (non-hydrogen) atoms. The number of rotatable bonds is 4. The fraction of sp³-hybridized carbons (Fsp3) is 0.111. The van der Waals surface area contributed by atoms with Crippen LogP contribution >= 0.6 is 0 Å². The number of carbonyl (C=O) groups excluding carboxylic acids is 1. The van der Waals surface area contributed by atoms with Gasteiger partial charge in [-0.25, -0.2) is 4.98 Å². The summed E-state index contributed by atoms with van der Waals surface area (Å²) < 4.78 is 0. The topological polar surface area (TPSA) is 57.8 Å². The molecule has 1 aromatic heterocycles. The van der Waals surface area contributed by atoms with E-state index >= 15 is 0 Å². The van der Waals surface area contributed by atoms with E-state index in [1.807, 2.05) is 55.5 Å². The summed E-state index contributed by atoms with van der Waals surface area (Å²) in [6.07, 6.45) is 3.88. The molecule has 0 spiro atoms. The Kier molecular flexibility index (Phi) is 4.01. The molecule has 0 fully saturated rings. The van der Waals surface area contributed by atoms with Crippen LogP contribution in [0.4, 0.5) is 5.69 Å². The predicted octanol–water partition coefficient (Wildman–Crippen LogP) is 3.57. The van der Waals surface area contributed by atoms with Crippen LogP contribution in [0, 0.1) is 6.92 Å². The van der Waals surface area contributed by atoms with Gasteiger partial charge in [0.2, 0.25) is 5.91 Å². The van der Waals surface area contributed by atoms with Crippen molar-refractivity contribution in [3.05, 3.63) is 72.1 Å². The quantitative estimate of drug-likeness (QED) is 0.772. The molecule has 110 valence electrons. The Bertz CT molecular complexity index is 761. The lowest BCUT2D eigenvalue weighted by Crippen LogP contribution is -2.14. The number of nitrogens with zero attached hydrogens (tertiary/aromatic N) is 1. The van der Waals surface area contributed by atoms with E-state index in [1.165, 1.54) is 0 Å². The number of hydrogen-bond acceptors (Lipinski definition) is 2. The number of benzene rings is 2. The van der Waals surface area contributed by atoms with E-state index in [0.717, 1.165) is 28.2 Å². The number of hydrogen-bond donors (Lipinski definition) is 2. The molecule has 0 aliphatic carbocycles. The summed E-state index contributed by atoms with van der Waals surface area (Å²) in [5.74, 6) is 0.800. The molecule has 2 N–H and O–H groups in total. The maximum atomic E-state index is 12.1. The molecular weight excluding hydrogens is 274 g/mol. The summed E-state index contributed by atoms with van der Waals surface area (Å²) in [7, 11) is 0. The van der Waals surface area contributed by atoms with E-state index in [2.05, 4.69) is 15.3 Å². The molecule has 0 aliphatic rings. The highest BCUT2D eigenvalue weighted by atomic mass is 16.1. The first-order valence-electron chi connectivity index (χ1n) is 7.16. The van der Waals surface area contributed by atoms with Gasteiger partial charge < -0.3 is 10.3 Å². The van der Waals surface area contributed by atoms with Gasteiger partial charge in [0.05, 0.1) is 6.42 Å². The van der Waals surface area contributed by atoms with Crippen LogP contribution in [0.1, 0.15) is 11.1 Å². The van der Waals surface area contributed by atoms with Crippen molar-refractivity contribution in [3.8, 4) is 11.4 Å². The molecule has 4 heteroatoms. The fourth-order valence-corrected chi connectivity index (χ4v) is 2.35. The van der Waals surface area contributed by atoms with E-state index in [0.29, 0.717) is 6.42 Å². The minimum atomic E-state index is -0.0173. The number of nitrogens with one attached hydrogen (secondary N) is 2. The van der Waals surface area contributed by atoms with Gasteiger partial charge in [-0.05, 0) is 36.8 Å². The first-order chi connectivity index (χ1) is 10.7. The standard InChI is InChI=1S/C18H17N3O/c1-13-3-2-4-14(11-13)12-17(22)21-16-7-5-15(6-8-16)18-19-9-10-20-18/h2-11H,12H2,1H3,(H,19,20)(H,21,22). The molecule has 4 nitrogen and oxygen atoms in total. The van der Waals surface area contributed by atoms with Crippen LogP contribution < -0.4 is 5.32 Å². The number of imidazole rings is 1. The van der Waals surface area contributed by atoms with Gasteiger partial charge in [0.25, 0.3) is 0 Å². The van der Waals surface area contributed by atoms with Crippen LogP contribution in [-0.2, 0) is 11.2 Å². The van der Waals surface area contributed by atoms with E-state index in [-0.39, 0.29) is 5.91 Å². The number of amides is 1. The number of anilines is 1. The number of aromatic amines is 1. The van der Waals surface area contributed by atoms with Crippen LogP contribution in [-0.4, -0.2) is 15.9 Å². The van der Waals surface area contributed by atoms with Crippen molar-refractivity contribution in [2.24, 2.45) is 0 Å². The Hall–Kier alpha value is -2.88. The van der Waals surface area contributed by atoms with Gasteiger partial charge in [-0.3, -0.25) is 4.79 Å². The van der Waals surface area contributed by atoms with Crippen molar-refractivity contribution in [2.45, 2.75) is 13.3 Å². The summed E-state index contributed by atoms with van der Waals surface area (Å²) >= 11 is 0. The fourth-order valence-electron chi connectivity index (χ4n) is 2.35. The van der Waals surface area contributed by atoms with Crippen LogP contribution in [0.3, 0.4) is 0 Å². The van der Waals surface area contributed by atoms with E-state index < -0.39 is 0 Å². The predicted molar refractivity (Wildman–Crippen MR) is 87.5 cm³/mol. The van der Waals surface area contributed by atoms with Gasteiger partial charge in [0, 0.05) is 23.6 Å². The first-order valence-corrected chi connectivity index (χ1v) is 7.16. The van der Waals surface area contributed by atoms with Crippen molar-refractivity contribution in [1.82, 2.24) is 9.97 Å². The monoisotopic (exact) mass is 291 g/mol. The lowest BCUT2D eigenvalue weighted by molar-refractivity contribution is -0.115. The molecule has 1 amide bonds. The van der Waals surface area contributed by atoms with Crippen molar-refractivity contribution in [1.29, 1.82) is 0 Å². The zero-order chi connectivity index (χ0) is 15.4. The maximum Gasteiger partial charge on any atom is 0.228 e. The average Bonchev–Trinajstić information content (AvgIpc) is 3.02. The highest BCUT2D eigenvalue weighted by Gasteiger charge is 2.05. The third kappa shape index (κ3) is 3.41. The second kappa shape index (κ2) is 6.26. The Morgan fingerprint density at radius 1 is 1.18 bits per heavy atom. The Morgan fingerprint density at radius 3 is 2.68 bits per heavy atom. The molecule has 1 heterocycles. The normalized spacial score (nSPS) is 10.4. The van der Waals surface area contributed by atoms with Gasteiger partial charge >= 0.3 is 0 Å². The third-order valence-electron chi connectivity index (χ3n) is 3.39. The molecule has 0 saturated carbocycles. The molecular formula is C18H17N3O. The molecule has 0 bridgehead atoms. The number of H-pyrrole nitrogens is 1. The summed E-state index contributed by atoms with van der Waals surface area (Å²) in [4.78, 5) is 19.3. The average molecular weight is 291 g/mol. The minimum absolute atomic E-state index is 0.0173. The lowest BCUT2D eigenvalue weighted by Gasteiger charge is -2.06. The SMILES string of the molecule is Cc1cccc(CC(=O)Nc2ccc(-c3ncc[nH]3)cc2)c1. The van der Waals surface area contributed by atoms with Crippen molar-refractivity contribution >= 4 is 11.6 Å². The van der Waals surface area contributed by atoms with Crippen molar-refractivity contribution in [3.63, 3.8) is 0 Å². The smallest absolute Gasteiger partial charge is 0.228 e. The molecule has 0 saturated heterocycles. The highest BCUT2D eigenvalue weighted by molar-refractivity contribution is 5.92. The Balaban J connectivity index is 1.64. The first kappa shape index (κ1) is 14.1. The Morgan fingerprint density at radius 2 is 2.00 bits per heavy atom. The molecule has 0 aliphatic heterocycles. The maximum absolute atomic E-state index is 12.1. The number of carbonyl (C=O) groups is 1. The zero-order valence-corrected chi connectivity index (χ0v) is 12.3. The third-order valence-corrected chi connectivity index (χ3v) is 3.39. The lowest BCUT2D eigenvalue weighted by atomic mass is 10.1. The number of aromatic nitrogens is 2. The summed E-state index contributed by atoms with van der Waals surface area (Å²) in [6.45, 7) is 2.02. The largest absolute Gasteiger partial charge is 0.345 e. The van der Waals surface area contributed by atoms with Crippen LogP contribution in [0.5, 0.6) is 0 Å². The molecule has 0 atom stereocenters. The summed E-state index contributed by atoms with van der Waals surface area (Å²) in [5, 5.41) is 2.91. The second-order valence-electron chi connectivity index (χ2n) is 5.23. The zero-order valence-electron chi connectivity index (χ0n) is 12.3. The van der Waals surface area contributed by atoms with Gasteiger partial charge in [0.1, 0.15) is 5.82 Å². The Labute approximate surface area is 129 Å². The molecule has 3 aromatic rings. The van der Waals surface area contributed by atoms with E-state index in [4.69, 9.17) is 0 Å². The second-order valence-corrected chi connectivity index (χ2v) is 5.23. The van der Waals surface area contributed by atoms with Gasteiger partial charge in [-0.1, -0.05) is 29.8 Å². The van der Waals surface area contributed by atoms with Crippen LogP contribution in [0.15, 0.2) is 60.9 Å². The molecule has 2 aromatic carbocycles. The molecule has 0 unspecified atom stereocenters. The van der Waals surface area contributed by atoms with Gasteiger partial charge in [-0.2, -0.15) is 0 Å². The van der Waals surface area contributed by atoms with Crippen molar-refractivity contribution < 1.29 is 4.79 Å². The summed E-state index contributed by atoms with van der Waals surface area (Å²) in [5.41, 5.74) is 3.95. The van der Waals surface area contributed by atoms with Gasteiger partial charge in [-0.15, -0.1) is 0 Å². The minimum Gasteiger partial charge on any atom is -0.345 e. The summed E-state index contributed by atoms with van der Waals surface area (Å²) in [6, 6.07) is 15.6. The van der Waals surface area contributed by atoms with Gasteiger partial charge in [0.15, 0.2) is 0 Å². The van der Waals surface area contributed by atoms with E-state index in [1.54, 1.807) is 12.4 Å². The number of aryl methyl sites for hydroxylation is 1. The van der Waals surface area contributed by atoms with Crippen LogP contribution in [0.2, 0.25) is 0 Å². The van der Waals surface area contributed by atoms with Crippen LogP contribution in [0.25, 0.3) is 11.4 Å². The molecule has 0 radical (unpaired) electrons.